The molecule has 3 rings (SSSR count). The van der Waals surface area contributed by atoms with Crippen LogP contribution in [0.1, 0.15) is 118 Å². The number of unbranched alkanes of at least 4 members (excludes halogenated alkanes) is 11. The van der Waals surface area contributed by atoms with Crippen LogP contribution in [-0.2, 0) is 17.8 Å². The van der Waals surface area contributed by atoms with Gasteiger partial charge in [-0.1, -0.05) is 119 Å². The van der Waals surface area contributed by atoms with E-state index in [0.717, 1.165) is 29.7 Å². The molecule has 2 aromatic carbocycles. The highest BCUT2D eigenvalue weighted by atomic mass is 32.1. The molecule has 0 bridgehead atoms. The van der Waals surface area contributed by atoms with E-state index >= 15 is 0 Å². The summed E-state index contributed by atoms with van der Waals surface area (Å²) in [5.41, 5.74) is 6.41. The molecule has 6 heteroatoms. The molecule has 0 spiro atoms. The second-order valence-electron chi connectivity index (χ2n) is 11.1. The molecule has 1 heterocycles. The fraction of sp³-hybridized carbons (Fsp3) is 0.514. The maximum atomic E-state index is 13.2. The number of aryl methyl sites for hydroxylation is 1. The van der Waals surface area contributed by atoms with E-state index in [9.17, 15) is 9.59 Å². The van der Waals surface area contributed by atoms with Crippen molar-refractivity contribution < 1.29 is 18.9 Å². The zero-order valence-electron chi connectivity index (χ0n) is 25.4. The maximum Gasteiger partial charge on any atom is 0.228 e. The molecule has 0 aliphatic heterocycles. The Morgan fingerprint density at radius 2 is 1.46 bits per heavy atom. The monoisotopic (exact) mass is 577 g/mol. The predicted octanol–water partition coefficient (Wildman–Crippen LogP) is 8.86. The highest BCUT2D eigenvalue weighted by Gasteiger charge is 2.18. The molecule has 0 atom stereocenters. The first kappa shape index (κ1) is 32.5. The van der Waals surface area contributed by atoms with Crippen molar-refractivity contribution in [3.05, 3.63) is 75.7 Å². The van der Waals surface area contributed by atoms with Crippen LogP contribution in [0.25, 0.3) is 0 Å². The fourth-order valence-electron chi connectivity index (χ4n) is 5.14. The van der Waals surface area contributed by atoms with Crippen molar-refractivity contribution in [1.82, 2.24) is 0 Å². The third-order valence-corrected chi connectivity index (χ3v) is 8.44. The summed E-state index contributed by atoms with van der Waals surface area (Å²) >= 11 is 1.66. The summed E-state index contributed by atoms with van der Waals surface area (Å²) in [6.07, 6.45) is 15.6. The smallest absolute Gasteiger partial charge is 0.228 e. The number of aromatic nitrogens is 1. The highest BCUT2D eigenvalue weighted by molar-refractivity contribution is 7.07. The van der Waals surface area contributed by atoms with Crippen LogP contribution in [0, 0.1) is 6.92 Å². The Kier molecular flexibility index (Phi) is 14.6. The van der Waals surface area contributed by atoms with Crippen molar-refractivity contribution in [2.75, 3.05) is 11.9 Å². The van der Waals surface area contributed by atoms with E-state index < -0.39 is 0 Å². The van der Waals surface area contributed by atoms with Gasteiger partial charge in [-0.25, -0.2) is 0 Å². The lowest BCUT2D eigenvalue weighted by atomic mass is 10.0. The van der Waals surface area contributed by atoms with Gasteiger partial charge < -0.3 is 10.1 Å². The first-order valence-corrected chi connectivity index (χ1v) is 16.5. The van der Waals surface area contributed by atoms with Crippen molar-refractivity contribution in [2.45, 2.75) is 111 Å². The molecule has 0 fully saturated rings. The molecular weight excluding hydrogens is 528 g/mol. The van der Waals surface area contributed by atoms with Gasteiger partial charge in [-0.2, -0.15) is 4.57 Å². The van der Waals surface area contributed by atoms with Crippen LogP contribution in [-0.4, -0.2) is 18.3 Å². The Morgan fingerprint density at radius 1 is 0.829 bits per heavy atom. The molecule has 1 aromatic heterocycles. The van der Waals surface area contributed by atoms with E-state index in [2.05, 4.69) is 34.6 Å². The molecule has 0 aliphatic rings. The van der Waals surface area contributed by atoms with Crippen molar-refractivity contribution in [3.8, 4) is 5.75 Å². The number of carbonyl (C=O) groups excluding carboxylic acids is 2. The number of nitrogens with zero attached hydrogens (tertiary/aromatic N) is 1. The summed E-state index contributed by atoms with van der Waals surface area (Å²) in [6.45, 7) is 7.14. The number of hydrogen-bond donors (Lipinski definition) is 1. The maximum absolute atomic E-state index is 13.2. The van der Waals surface area contributed by atoms with Crippen LogP contribution < -0.4 is 14.6 Å². The lowest BCUT2D eigenvalue weighted by molar-refractivity contribution is -0.689. The summed E-state index contributed by atoms with van der Waals surface area (Å²) in [7, 11) is 0. The second kappa shape index (κ2) is 18.4. The number of rotatable bonds is 20. The lowest BCUT2D eigenvalue weighted by Crippen LogP contribution is -2.34. The predicted molar refractivity (Wildman–Crippen MR) is 170 cm³/mol. The van der Waals surface area contributed by atoms with Gasteiger partial charge >= 0.3 is 0 Å². The number of thiazole rings is 1. The molecule has 0 aliphatic carbocycles. The number of hydrogen-bond acceptors (Lipinski definition) is 4. The summed E-state index contributed by atoms with van der Waals surface area (Å²) in [5, 5.41) is 5.21. The van der Waals surface area contributed by atoms with Gasteiger partial charge in [0.2, 0.25) is 11.4 Å². The van der Waals surface area contributed by atoms with Crippen molar-refractivity contribution in [1.29, 1.82) is 0 Å². The van der Waals surface area contributed by atoms with Gasteiger partial charge in [0.25, 0.3) is 0 Å². The summed E-state index contributed by atoms with van der Waals surface area (Å²) in [6, 6.07) is 13.4. The SMILES string of the molecule is CCCCCCCCCCCCCCOc1c(CC(=O)Nc2ccccc2C[n+]2cscc2C)cccc1C(C)=O. The van der Waals surface area contributed by atoms with Gasteiger partial charge in [-0.05, 0) is 25.5 Å². The van der Waals surface area contributed by atoms with Crippen molar-refractivity contribution >= 4 is 28.7 Å². The molecule has 0 saturated heterocycles. The number of ketones is 1. The number of carbonyl (C=O) groups is 2. The van der Waals surface area contributed by atoms with Gasteiger partial charge in [-0.3, -0.25) is 9.59 Å². The van der Waals surface area contributed by atoms with E-state index in [1.165, 1.54) is 69.9 Å². The van der Waals surface area contributed by atoms with Crippen LogP contribution in [0.3, 0.4) is 0 Å². The average Bonchev–Trinajstić information content (AvgIpc) is 3.36. The normalized spacial score (nSPS) is 11.0. The minimum Gasteiger partial charge on any atom is -0.493 e. The van der Waals surface area contributed by atoms with Crippen LogP contribution >= 0.6 is 11.3 Å². The molecular formula is C35H49N2O3S+. The molecule has 1 amide bonds. The van der Waals surface area contributed by atoms with E-state index in [4.69, 9.17) is 4.74 Å². The number of nitrogens with one attached hydrogen (secondary N) is 1. The van der Waals surface area contributed by atoms with E-state index in [0.29, 0.717) is 24.5 Å². The minimum absolute atomic E-state index is 0.0505. The topological polar surface area (TPSA) is 59.3 Å². The highest BCUT2D eigenvalue weighted by Crippen LogP contribution is 2.27. The fourth-order valence-corrected chi connectivity index (χ4v) is 5.92. The first-order valence-electron chi connectivity index (χ1n) is 15.5. The Hall–Kier alpha value is -2.99. The zero-order valence-corrected chi connectivity index (χ0v) is 26.2. The van der Waals surface area contributed by atoms with Gasteiger partial charge in [0.1, 0.15) is 5.75 Å². The quantitative estimate of drug-likeness (QED) is 0.0829. The number of benzene rings is 2. The lowest BCUT2D eigenvalue weighted by Gasteiger charge is -2.15. The minimum atomic E-state index is -0.125. The largest absolute Gasteiger partial charge is 0.493 e. The molecule has 0 saturated carbocycles. The van der Waals surface area contributed by atoms with Crippen molar-refractivity contribution in [2.24, 2.45) is 0 Å². The Morgan fingerprint density at radius 3 is 2.10 bits per heavy atom. The van der Waals surface area contributed by atoms with Crippen LogP contribution in [0.5, 0.6) is 5.75 Å². The Labute approximate surface area is 251 Å². The van der Waals surface area contributed by atoms with E-state index in [1.54, 1.807) is 24.3 Å². The first-order chi connectivity index (χ1) is 20.0. The van der Waals surface area contributed by atoms with Crippen LogP contribution in [0.4, 0.5) is 5.69 Å². The molecule has 222 valence electrons. The van der Waals surface area contributed by atoms with Crippen LogP contribution in [0.15, 0.2) is 53.4 Å². The number of anilines is 1. The molecule has 1 N–H and O–H groups in total. The zero-order chi connectivity index (χ0) is 29.3. The molecule has 5 nitrogen and oxygen atoms in total. The molecule has 41 heavy (non-hydrogen) atoms. The number of para-hydroxylation sites is 2. The van der Waals surface area contributed by atoms with E-state index in [-0.39, 0.29) is 18.1 Å². The Balaban J connectivity index is 1.48. The summed E-state index contributed by atoms with van der Waals surface area (Å²) < 4.78 is 8.35. The van der Waals surface area contributed by atoms with Gasteiger partial charge in [-0.15, -0.1) is 0 Å². The van der Waals surface area contributed by atoms with E-state index in [1.807, 2.05) is 36.4 Å². The average molecular weight is 578 g/mol. The van der Waals surface area contributed by atoms with Crippen molar-refractivity contribution in [3.63, 3.8) is 0 Å². The third-order valence-electron chi connectivity index (χ3n) is 7.58. The summed E-state index contributed by atoms with van der Waals surface area (Å²) in [4.78, 5) is 25.5. The molecule has 0 radical (unpaired) electrons. The van der Waals surface area contributed by atoms with Gasteiger partial charge in [0, 0.05) is 18.1 Å². The number of Topliss-reactive ketones (excluding diaryl/α,β-unsaturated/α-hetero) is 1. The Bertz CT molecular complexity index is 1220. The molecule has 0 unspecified atom stereocenters. The number of ether oxygens (including phenoxy) is 1. The summed E-state index contributed by atoms with van der Waals surface area (Å²) in [5.74, 6) is 0.377. The standard InChI is InChI=1S/C35H48N2O3S/c1-4-5-6-7-8-9-10-11-12-13-14-17-23-40-35-30(20-18-21-32(35)29(3)38)24-34(39)36-33-22-16-15-19-31(33)25-37-27-41-26-28(37)2/h15-16,18-22,26-27H,4-14,17,23-25H2,1-3H3/p+1. The number of amides is 1. The second-order valence-corrected chi connectivity index (χ2v) is 11.8. The van der Waals surface area contributed by atoms with Gasteiger partial charge in [0.05, 0.1) is 29.7 Å². The van der Waals surface area contributed by atoms with Gasteiger partial charge in [0.15, 0.2) is 18.0 Å². The molecule has 3 aromatic rings. The third kappa shape index (κ3) is 11.4. The van der Waals surface area contributed by atoms with Crippen LogP contribution in [0.2, 0.25) is 0 Å².